The summed E-state index contributed by atoms with van der Waals surface area (Å²) >= 11 is 0. The molecule has 1 heterocycles. The average Bonchev–Trinajstić information content (AvgIpc) is 3.04. The molecule has 0 aliphatic heterocycles. The van der Waals surface area contributed by atoms with Crippen molar-refractivity contribution in [1.82, 2.24) is 4.98 Å². The molecular formula is C19H14N4O. The first-order chi connectivity index (χ1) is 11.9. The van der Waals surface area contributed by atoms with Crippen molar-refractivity contribution in [2.24, 2.45) is 10.2 Å². The molecule has 1 aromatic heterocycles. The van der Waals surface area contributed by atoms with Crippen LogP contribution in [0.5, 0.6) is 0 Å². The topological polar surface area (TPSA) is 62.8 Å². The van der Waals surface area contributed by atoms with Gasteiger partial charge in [-0.25, -0.2) is 0 Å². The average molecular weight is 314 g/mol. The number of hydrogen-bond acceptors (Lipinski definition) is 5. The lowest BCUT2D eigenvalue weighted by atomic mass is 10.3. The number of oxazole rings is 1. The van der Waals surface area contributed by atoms with Crippen LogP contribution in [0.3, 0.4) is 0 Å². The molecule has 5 heteroatoms. The molecular weight excluding hydrogens is 300 g/mol. The van der Waals surface area contributed by atoms with Crippen LogP contribution in [0.1, 0.15) is 0 Å². The first kappa shape index (κ1) is 14.1. The molecule has 24 heavy (non-hydrogen) atoms. The molecule has 0 amide bonds. The normalized spacial score (nSPS) is 11.2. The van der Waals surface area contributed by atoms with Gasteiger partial charge in [0.2, 0.25) is 0 Å². The number of rotatable bonds is 4. The van der Waals surface area contributed by atoms with Crippen LogP contribution >= 0.6 is 0 Å². The second-order valence-electron chi connectivity index (χ2n) is 5.19. The molecule has 0 unspecified atom stereocenters. The Labute approximate surface area is 138 Å². The summed E-state index contributed by atoms with van der Waals surface area (Å²) in [5, 5.41) is 11.6. The Balaban J connectivity index is 1.48. The highest BCUT2D eigenvalue weighted by Gasteiger charge is 2.04. The Bertz CT molecular complexity index is 942. The van der Waals surface area contributed by atoms with Crippen molar-refractivity contribution in [2.45, 2.75) is 0 Å². The smallest absolute Gasteiger partial charge is 0.300 e. The minimum atomic E-state index is 0.467. The van der Waals surface area contributed by atoms with Crippen molar-refractivity contribution < 1.29 is 4.42 Å². The molecule has 0 fully saturated rings. The molecule has 0 saturated carbocycles. The highest BCUT2D eigenvalue weighted by molar-refractivity contribution is 5.75. The van der Waals surface area contributed by atoms with Gasteiger partial charge in [-0.2, -0.15) is 15.2 Å². The number of para-hydroxylation sites is 2. The summed E-state index contributed by atoms with van der Waals surface area (Å²) in [5.41, 5.74) is 4.06. The summed E-state index contributed by atoms with van der Waals surface area (Å²) in [7, 11) is 0. The van der Waals surface area contributed by atoms with E-state index in [2.05, 4.69) is 20.5 Å². The zero-order valence-electron chi connectivity index (χ0n) is 12.8. The number of anilines is 2. The van der Waals surface area contributed by atoms with Crippen molar-refractivity contribution in [2.75, 3.05) is 5.32 Å². The third-order valence-electron chi connectivity index (χ3n) is 3.45. The Morgan fingerprint density at radius 3 is 2.12 bits per heavy atom. The molecule has 0 spiro atoms. The van der Waals surface area contributed by atoms with Gasteiger partial charge in [0.1, 0.15) is 5.52 Å². The van der Waals surface area contributed by atoms with E-state index >= 15 is 0 Å². The van der Waals surface area contributed by atoms with Gasteiger partial charge < -0.3 is 9.73 Å². The van der Waals surface area contributed by atoms with Crippen LogP contribution in [0.25, 0.3) is 11.1 Å². The Morgan fingerprint density at radius 1 is 0.708 bits per heavy atom. The van der Waals surface area contributed by atoms with Gasteiger partial charge in [0.25, 0.3) is 6.01 Å². The van der Waals surface area contributed by atoms with Crippen LogP contribution in [0.15, 0.2) is 93.5 Å². The van der Waals surface area contributed by atoms with Gasteiger partial charge in [0.05, 0.1) is 11.4 Å². The second kappa shape index (κ2) is 6.34. The quantitative estimate of drug-likeness (QED) is 0.471. The van der Waals surface area contributed by atoms with Gasteiger partial charge in [-0.05, 0) is 48.5 Å². The maximum atomic E-state index is 5.64. The molecule has 0 bridgehead atoms. The molecule has 4 rings (SSSR count). The van der Waals surface area contributed by atoms with E-state index in [4.69, 9.17) is 4.42 Å². The van der Waals surface area contributed by atoms with E-state index in [1.807, 2.05) is 78.9 Å². The third-order valence-corrected chi connectivity index (χ3v) is 3.45. The van der Waals surface area contributed by atoms with E-state index in [0.717, 1.165) is 28.2 Å². The van der Waals surface area contributed by atoms with Crippen LogP contribution in [0, 0.1) is 0 Å². The van der Waals surface area contributed by atoms with Gasteiger partial charge in [0.15, 0.2) is 5.58 Å². The lowest BCUT2D eigenvalue weighted by Crippen LogP contribution is -1.88. The molecule has 3 aromatic carbocycles. The van der Waals surface area contributed by atoms with Crippen molar-refractivity contribution in [3.63, 3.8) is 0 Å². The summed E-state index contributed by atoms with van der Waals surface area (Å²) in [5.74, 6) is 0. The predicted octanol–water partition coefficient (Wildman–Crippen LogP) is 5.99. The van der Waals surface area contributed by atoms with Gasteiger partial charge in [0, 0.05) is 5.69 Å². The highest BCUT2D eigenvalue weighted by Crippen LogP contribution is 2.24. The lowest BCUT2D eigenvalue weighted by Gasteiger charge is -2.01. The first-order valence-electron chi connectivity index (χ1n) is 7.56. The fourth-order valence-corrected chi connectivity index (χ4v) is 2.27. The number of nitrogens with zero attached hydrogens (tertiary/aromatic N) is 3. The van der Waals surface area contributed by atoms with Crippen molar-refractivity contribution in [3.8, 4) is 0 Å². The minimum Gasteiger partial charge on any atom is -0.423 e. The van der Waals surface area contributed by atoms with Crippen LogP contribution in [0.2, 0.25) is 0 Å². The van der Waals surface area contributed by atoms with E-state index in [1.54, 1.807) is 0 Å². The Hall–Kier alpha value is -3.47. The summed E-state index contributed by atoms with van der Waals surface area (Å²) in [4.78, 5) is 4.39. The van der Waals surface area contributed by atoms with Crippen molar-refractivity contribution >= 4 is 34.2 Å². The lowest BCUT2D eigenvalue weighted by molar-refractivity contribution is 0.623. The van der Waals surface area contributed by atoms with Crippen LogP contribution in [-0.4, -0.2) is 4.98 Å². The van der Waals surface area contributed by atoms with E-state index < -0.39 is 0 Å². The zero-order valence-corrected chi connectivity index (χ0v) is 12.8. The molecule has 0 aliphatic rings. The number of benzene rings is 3. The molecule has 0 radical (unpaired) electrons. The van der Waals surface area contributed by atoms with Gasteiger partial charge in [-0.15, -0.1) is 0 Å². The minimum absolute atomic E-state index is 0.467. The standard InChI is InChI=1S/C19H14N4O/c1-2-6-15(7-3-1)22-23-16-12-10-14(11-13-16)20-19-21-17-8-4-5-9-18(17)24-19/h1-13H,(H,20,21). The molecule has 116 valence electrons. The van der Waals surface area contributed by atoms with E-state index in [-0.39, 0.29) is 0 Å². The van der Waals surface area contributed by atoms with Crippen molar-refractivity contribution in [3.05, 3.63) is 78.9 Å². The molecule has 1 N–H and O–H groups in total. The largest absolute Gasteiger partial charge is 0.423 e. The molecule has 0 saturated heterocycles. The van der Waals surface area contributed by atoms with E-state index in [0.29, 0.717) is 6.01 Å². The summed E-state index contributed by atoms with van der Waals surface area (Å²) < 4.78 is 5.64. The van der Waals surface area contributed by atoms with Crippen LogP contribution in [-0.2, 0) is 0 Å². The molecule has 5 nitrogen and oxygen atoms in total. The van der Waals surface area contributed by atoms with Gasteiger partial charge >= 0.3 is 0 Å². The molecule has 0 atom stereocenters. The van der Waals surface area contributed by atoms with E-state index in [9.17, 15) is 0 Å². The van der Waals surface area contributed by atoms with Gasteiger partial charge in [-0.1, -0.05) is 30.3 Å². The number of hydrogen-bond donors (Lipinski definition) is 1. The van der Waals surface area contributed by atoms with Crippen LogP contribution < -0.4 is 5.32 Å². The zero-order chi connectivity index (χ0) is 16.2. The maximum Gasteiger partial charge on any atom is 0.300 e. The summed E-state index contributed by atoms with van der Waals surface area (Å²) in [6, 6.07) is 25.4. The molecule has 0 aliphatic carbocycles. The Morgan fingerprint density at radius 2 is 1.38 bits per heavy atom. The predicted molar refractivity (Wildman–Crippen MR) is 94.4 cm³/mol. The number of fused-ring (bicyclic) bond motifs is 1. The van der Waals surface area contributed by atoms with Crippen molar-refractivity contribution in [1.29, 1.82) is 0 Å². The number of azo groups is 1. The highest BCUT2D eigenvalue weighted by atomic mass is 16.4. The summed E-state index contributed by atoms with van der Waals surface area (Å²) in [6.45, 7) is 0. The fourth-order valence-electron chi connectivity index (χ4n) is 2.27. The van der Waals surface area contributed by atoms with Gasteiger partial charge in [-0.3, -0.25) is 0 Å². The number of nitrogens with one attached hydrogen (secondary N) is 1. The monoisotopic (exact) mass is 314 g/mol. The fraction of sp³-hybridized carbons (Fsp3) is 0. The van der Waals surface area contributed by atoms with E-state index in [1.165, 1.54) is 0 Å². The molecule has 4 aromatic rings. The first-order valence-corrected chi connectivity index (χ1v) is 7.56. The SMILES string of the molecule is c1ccc(N=Nc2ccc(Nc3nc4ccccc4o3)cc2)cc1. The Kier molecular flexibility index (Phi) is 3.73. The second-order valence-corrected chi connectivity index (χ2v) is 5.19. The summed E-state index contributed by atoms with van der Waals surface area (Å²) in [6.07, 6.45) is 0. The maximum absolute atomic E-state index is 5.64. The number of aromatic nitrogens is 1. The van der Waals surface area contributed by atoms with Crippen LogP contribution in [0.4, 0.5) is 23.1 Å². The third kappa shape index (κ3) is 3.15.